The summed E-state index contributed by atoms with van der Waals surface area (Å²) in [5, 5.41) is 0. The van der Waals surface area contributed by atoms with Crippen LogP contribution in [0.1, 0.15) is 28.6 Å². The van der Waals surface area contributed by atoms with Gasteiger partial charge in [-0.15, -0.1) is 0 Å². The number of benzene rings is 1. The zero-order valence-corrected chi connectivity index (χ0v) is 18.3. The summed E-state index contributed by atoms with van der Waals surface area (Å²) in [6, 6.07) is 12.6. The van der Waals surface area contributed by atoms with Crippen LogP contribution in [0, 0.1) is 0 Å². The monoisotopic (exact) mass is 471 g/mol. The third-order valence-corrected chi connectivity index (χ3v) is 5.76. The van der Waals surface area contributed by atoms with Crippen LogP contribution in [0.25, 0.3) is 0 Å². The molecule has 0 saturated carbocycles. The standard InChI is InChI=1S/C23H23BrFN3O2/c1-27-8-6-16-2-3-17(10-18(16)13-27)22(25)14-28-9-7-21(11-23(28)29)30-15-20-5-4-19(24)12-26-20/h2-5,7,9-12,22H,6,8,13-15H2,1H3. The van der Waals surface area contributed by atoms with Crippen LogP contribution in [-0.2, 0) is 26.1 Å². The maximum absolute atomic E-state index is 15.0. The Kier molecular flexibility index (Phi) is 6.29. The average Bonchev–Trinajstić information content (AvgIpc) is 2.74. The van der Waals surface area contributed by atoms with Crippen molar-refractivity contribution in [2.75, 3.05) is 13.6 Å². The second kappa shape index (κ2) is 9.10. The highest BCUT2D eigenvalue weighted by Crippen LogP contribution is 2.25. The number of rotatable bonds is 6. The highest BCUT2D eigenvalue weighted by atomic mass is 79.9. The van der Waals surface area contributed by atoms with Gasteiger partial charge in [-0.2, -0.15) is 0 Å². The lowest BCUT2D eigenvalue weighted by Gasteiger charge is -2.25. The Morgan fingerprint density at radius 3 is 2.83 bits per heavy atom. The van der Waals surface area contributed by atoms with E-state index in [1.807, 2.05) is 30.3 Å². The molecule has 2 aromatic heterocycles. The van der Waals surface area contributed by atoms with Crippen LogP contribution in [0.5, 0.6) is 5.75 Å². The van der Waals surface area contributed by atoms with Crippen molar-refractivity contribution in [1.82, 2.24) is 14.5 Å². The summed E-state index contributed by atoms with van der Waals surface area (Å²) in [5.74, 6) is 0.438. The molecule has 1 aliphatic rings. The maximum Gasteiger partial charge on any atom is 0.254 e. The number of likely N-dealkylation sites (N-methyl/N-ethyl adjacent to an activating group) is 1. The van der Waals surface area contributed by atoms with Crippen molar-refractivity contribution >= 4 is 15.9 Å². The molecule has 1 aliphatic heterocycles. The number of ether oxygens (including phenoxy) is 1. The van der Waals surface area contributed by atoms with Crippen LogP contribution >= 0.6 is 15.9 Å². The minimum Gasteiger partial charge on any atom is -0.487 e. The fraction of sp³-hybridized carbons (Fsp3) is 0.304. The molecule has 3 heterocycles. The highest BCUT2D eigenvalue weighted by molar-refractivity contribution is 9.10. The van der Waals surface area contributed by atoms with Gasteiger partial charge in [0.1, 0.15) is 18.5 Å². The summed E-state index contributed by atoms with van der Waals surface area (Å²) in [7, 11) is 2.07. The number of pyridine rings is 2. The van der Waals surface area contributed by atoms with Gasteiger partial charge in [-0.3, -0.25) is 9.78 Å². The zero-order valence-electron chi connectivity index (χ0n) is 16.7. The van der Waals surface area contributed by atoms with E-state index in [0.29, 0.717) is 11.3 Å². The molecule has 0 fully saturated rings. The predicted octanol–water partition coefficient (Wildman–Crippen LogP) is 4.28. The minimum atomic E-state index is -1.25. The Morgan fingerprint density at radius 2 is 2.07 bits per heavy atom. The Hall–Kier alpha value is -2.51. The smallest absolute Gasteiger partial charge is 0.254 e. The number of fused-ring (bicyclic) bond motifs is 1. The first-order valence-corrected chi connectivity index (χ1v) is 10.7. The number of hydrogen-bond acceptors (Lipinski definition) is 4. The first kappa shape index (κ1) is 20.8. The normalized spacial score (nSPS) is 14.9. The first-order chi connectivity index (χ1) is 14.5. The molecule has 156 valence electrons. The second-order valence-corrected chi connectivity index (χ2v) is 8.51. The first-order valence-electron chi connectivity index (χ1n) is 9.86. The molecule has 1 atom stereocenters. The third-order valence-electron chi connectivity index (χ3n) is 5.30. The number of alkyl halides is 1. The fourth-order valence-electron chi connectivity index (χ4n) is 3.57. The summed E-state index contributed by atoms with van der Waals surface area (Å²) in [6.07, 6.45) is 3.00. The van der Waals surface area contributed by atoms with Gasteiger partial charge in [-0.05, 0) is 64.3 Å². The fourth-order valence-corrected chi connectivity index (χ4v) is 3.80. The predicted molar refractivity (Wildman–Crippen MR) is 117 cm³/mol. The molecule has 0 spiro atoms. The summed E-state index contributed by atoms with van der Waals surface area (Å²) in [4.78, 5) is 18.9. The second-order valence-electron chi connectivity index (χ2n) is 7.59. The topological polar surface area (TPSA) is 47.4 Å². The van der Waals surface area contributed by atoms with Crippen LogP contribution in [0.3, 0.4) is 0 Å². The number of nitrogens with zero attached hydrogens (tertiary/aromatic N) is 3. The molecule has 0 bridgehead atoms. The molecule has 1 unspecified atom stereocenters. The van der Waals surface area contributed by atoms with E-state index >= 15 is 0 Å². The van der Waals surface area contributed by atoms with E-state index in [1.54, 1.807) is 18.5 Å². The van der Waals surface area contributed by atoms with E-state index in [0.717, 1.165) is 29.7 Å². The van der Waals surface area contributed by atoms with Gasteiger partial charge in [-0.1, -0.05) is 18.2 Å². The van der Waals surface area contributed by atoms with Crippen molar-refractivity contribution in [3.63, 3.8) is 0 Å². The summed E-state index contributed by atoms with van der Waals surface area (Å²) < 4.78 is 22.9. The van der Waals surface area contributed by atoms with Crippen LogP contribution < -0.4 is 10.3 Å². The molecule has 30 heavy (non-hydrogen) atoms. The number of halogens is 2. The Balaban J connectivity index is 1.41. The largest absolute Gasteiger partial charge is 0.487 e. The third kappa shape index (κ3) is 4.96. The van der Waals surface area contributed by atoms with E-state index in [9.17, 15) is 9.18 Å². The lowest BCUT2D eigenvalue weighted by atomic mass is 9.96. The van der Waals surface area contributed by atoms with Crippen molar-refractivity contribution in [1.29, 1.82) is 0 Å². The Morgan fingerprint density at radius 1 is 1.20 bits per heavy atom. The number of hydrogen-bond donors (Lipinski definition) is 0. The van der Waals surface area contributed by atoms with Crippen molar-refractivity contribution in [3.05, 3.63) is 92.1 Å². The van der Waals surface area contributed by atoms with Crippen LogP contribution in [0.15, 0.2) is 64.1 Å². The molecule has 4 rings (SSSR count). The molecule has 1 aromatic carbocycles. The van der Waals surface area contributed by atoms with Crippen molar-refractivity contribution in [2.45, 2.75) is 32.3 Å². The van der Waals surface area contributed by atoms with E-state index in [4.69, 9.17) is 4.74 Å². The molecular weight excluding hydrogens is 449 g/mol. The molecule has 0 aliphatic carbocycles. The van der Waals surface area contributed by atoms with E-state index < -0.39 is 6.17 Å². The highest BCUT2D eigenvalue weighted by Gasteiger charge is 2.17. The van der Waals surface area contributed by atoms with Gasteiger partial charge >= 0.3 is 0 Å². The van der Waals surface area contributed by atoms with Crippen LogP contribution in [0.4, 0.5) is 4.39 Å². The van der Waals surface area contributed by atoms with Gasteiger partial charge in [0.25, 0.3) is 5.56 Å². The molecule has 5 nitrogen and oxygen atoms in total. The average molecular weight is 472 g/mol. The van der Waals surface area contributed by atoms with Crippen LogP contribution in [-0.4, -0.2) is 28.0 Å². The van der Waals surface area contributed by atoms with E-state index in [-0.39, 0.29) is 18.7 Å². The molecule has 0 N–H and O–H groups in total. The summed E-state index contributed by atoms with van der Waals surface area (Å²) in [5.41, 5.74) is 3.52. The summed E-state index contributed by atoms with van der Waals surface area (Å²) >= 11 is 3.34. The minimum absolute atomic E-state index is 0.0258. The van der Waals surface area contributed by atoms with E-state index in [2.05, 4.69) is 32.9 Å². The van der Waals surface area contributed by atoms with Gasteiger partial charge < -0.3 is 14.2 Å². The van der Waals surface area contributed by atoms with Gasteiger partial charge in [0.05, 0.1) is 12.2 Å². The molecule has 0 amide bonds. The Labute approximate surface area is 183 Å². The van der Waals surface area contributed by atoms with Crippen molar-refractivity contribution < 1.29 is 9.13 Å². The van der Waals surface area contributed by atoms with Crippen molar-refractivity contribution in [3.8, 4) is 5.75 Å². The maximum atomic E-state index is 15.0. The lowest BCUT2D eigenvalue weighted by molar-refractivity contribution is 0.289. The Bertz CT molecular complexity index is 1080. The van der Waals surface area contributed by atoms with Crippen LogP contribution in [0.2, 0.25) is 0 Å². The quantitative estimate of drug-likeness (QED) is 0.538. The lowest BCUT2D eigenvalue weighted by Crippen LogP contribution is -2.26. The van der Waals surface area contributed by atoms with Gasteiger partial charge in [0.2, 0.25) is 0 Å². The summed E-state index contributed by atoms with van der Waals surface area (Å²) in [6.45, 7) is 2.08. The van der Waals surface area contributed by atoms with Crippen molar-refractivity contribution in [2.24, 2.45) is 0 Å². The van der Waals surface area contributed by atoms with Gasteiger partial charge in [0, 0.05) is 36.0 Å². The molecule has 3 aromatic rings. The molecule has 0 saturated heterocycles. The molecule has 7 heteroatoms. The molecular formula is C23H23BrFN3O2. The van der Waals surface area contributed by atoms with Gasteiger partial charge in [-0.25, -0.2) is 4.39 Å². The zero-order chi connectivity index (χ0) is 21.1. The van der Waals surface area contributed by atoms with Gasteiger partial charge in [0.15, 0.2) is 0 Å². The van der Waals surface area contributed by atoms with E-state index in [1.165, 1.54) is 21.8 Å². The molecule has 0 radical (unpaired) electrons. The SMILES string of the molecule is CN1CCc2ccc(C(F)Cn3ccc(OCc4ccc(Br)cn4)cc3=O)cc2C1. The number of aromatic nitrogens is 2.